The van der Waals surface area contributed by atoms with Gasteiger partial charge in [-0.3, -0.25) is 4.90 Å². The Bertz CT molecular complexity index is 496. The van der Waals surface area contributed by atoms with Gasteiger partial charge in [-0.05, 0) is 12.8 Å². The summed E-state index contributed by atoms with van der Waals surface area (Å²) in [7, 11) is 0. The van der Waals surface area contributed by atoms with E-state index in [-0.39, 0.29) is 0 Å². The Balaban J connectivity index is 2.01. The second-order valence-corrected chi connectivity index (χ2v) is 6.07. The van der Waals surface area contributed by atoms with Gasteiger partial charge in [0, 0.05) is 32.0 Å². The maximum atomic E-state index is 11.2. The Labute approximate surface area is 123 Å². The van der Waals surface area contributed by atoms with Gasteiger partial charge in [0.2, 0.25) is 0 Å². The number of aromatic nitrogens is 1. The van der Waals surface area contributed by atoms with Crippen molar-refractivity contribution >= 4 is 17.3 Å². The van der Waals surface area contributed by atoms with Gasteiger partial charge in [0.25, 0.3) is 0 Å². The minimum Gasteiger partial charge on any atom is -0.477 e. The maximum Gasteiger partial charge on any atom is 0.347 e. The monoisotopic (exact) mass is 292 g/mol. The van der Waals surface area contributed by atoms with Gasteiger partial charge in [0.15, 0.2) is 0 Å². The summed E-state index contributed by atoms with van der Waals surface area (Å²) in [5, 5.41) is 10.2. The Morgan fingerprint density at radius 3 is 2.55 bits per heavy atom. The lowest BCUT2D eigenvalue weighted by Crippen LogP contribution is -2.26. The number of carboxylic acids is 1. The third-order valence-corrected chi connectivity index (χ3v) is 4.39. The molecule has 1 aromatic rings. The fourth-order valence-electron chi connectivity index (χ4n) is 2.15. The summed E-state index contributed by atoms with van der Waals surface area (Å²) in [5.41, 5.74) is 0.802. The van der Waals surface area contributed by atoms with Crippen LogP contribution in [0.5, 0.6) is 0 Å². The zero-order valence-electron chi connectivity index (χ0n) is 11.5. The Morgan fingerprint density at radius 1 is 1.40 bits per heavy atom. The van der Waals surface area contributed by atoms with E-state index < -0.39 is 5.97 Å². The second-order valence-electron chi connectivity index (χ2n) is 4.99. The lowest BCUT2D eigenvalue weighted by molar-refractivity contribution is 0.0700. The fourth-order valence-corrected chi connectivity index (χ4v) is 3.12. The van der Waals surface area contributed by atoms with Crippen LogP contribution in [0.3, 0.4) is 0 Å². The zero-order chi connectivity index (χ0) is 14.5. The number of carbonyl (C=O) groups is 1. The third-order valence-electron chi connectivity index (χ3n) is 3.27. The lowest BCUT2D eigenvalue weighted by atomic mass is 10.2. The van der Waals surface area contributed by atoms with Gasteiger partial charge in [0.05, 0.1) is 10.7 Å². The molecule has 20 heavy (non-hydrogen) atoms. The average Bonchev–Trinajstić information content (AvgIpc) is 3.16. The first-order valence-electron chi connectivity index (χ1n) is 6.82. The number of thiazole rings is 1. The van der Waals surface area contributed by atoms with Crippen LogP contribution in [0.4, 0.5) is 0 Å². The minimum absolute atomic E-state index is 0.378. The van der Waals surface area contributed by atoms with Crippen LogP contribution in [0.15, 0.2) is 25.3 Å². The number of carboxylic acid groups (broad SMARTS) is 1. The van der Waals surface area contributed by atoms with Crippen molar-refractivity contribution in [3.05, 3.63) is 40.9 Å². The topological polar surface area (TPSA) is 53.4 Å². The summed E-state index contributed by atoms with van der Waals surface area (Å²) < 4.78 is 0. The van der Waals surface area contributed by atoms with Gasteiger partial charge >= 0.3 is 5.97 Å². The molecule has 0 saturated heterocycles. The summed E-state index contributed by atoms with van der Waals surface area (Å²) >= 11 is 1.33. The van der Waals surface area contributed by atoms with Gasteiger partial charge in [-0.15, -0.1) is 24.5 Å². The molecule has 4 nitrogen and oxygen atoms in total. The van der Waals surface area contributed by atoms with Crippen molar-refractivity contribution in [2.24, 2.45) is 0 Å². The van der Waals surface area contributed by atoms with Crippen molar-refractivity contribution in [2.75, 3.05) is 19.6 Å². The van der Waals surface area contributed by atoms with Gasteiger partial charge in [-0.25, -0.2) is 9.78 Å². The van der Waals surface area contributed by atoms with E-state index in [1.54, 1.807) is 0 Å². The van der Waals surface area contributed by atoms with E-state index in [1.807, 2.05) is 12.2 Å². The van der Waals surface area contributed by atoms with Crippen LogP contribution < -0.4 is 0 Å². The molecule has 1 N–H and O–H groups in total. The molecule has 0 radical (unpaired) electrons. The molecule has 5 heteroatoms. The van der Waals surface area contributed by atoms with Crippen LogP contribution in [-0.2, 0) is 6.42 Å². The molecule has 0 unspecified atom stereocenters. The van der Waals surface area contributed by atoms with Crippen molar-refractivity contribution < 1.29 is 9.90 Å². The van der Waals surface area contributed by atoms with E-state index in [9.17, 15) is 9.90 Å². The van der Waals surface area contributed by atoms with Gasteiger partial charge < -0.3 is 5.11 Å². The van der Waals surface area contributed by atoms with Crippen LogP contribution in [0.25, 0.3) is 0 Å². The van der Waals surface area contributed by atoms with Crippen molar-refractivity contribution in [2.45, 2.75) is 25.2 Å². The van der Waals surface area contributed by atoms with E-state index in [1.165, 1.54) is 11.3 Å². The first kappa shape index (κ1) is 14.9. The molecular weight excluding hydrogens is 272 g/mol. The molecule has 0 bridgehead atoms. The molecule has 0 aliphatic heterocycles. The molecule has 1 aliphatic rings. The molecule has 1 heterocycles. The zero-order valence-corrected chi connectivity index (χ0v) is 12.4. The third kappa shape index (κ3) is 3.77. The number of rotatable bonds is 9. The van der Waals surface area contributed by atoms with Crippen molar-refractivity contribution in [3.63, 3.8) is 0 Å². The van der Waals surface area contributed by atoms with E-state index in [2.05, 4.69) is 23.0 Å². The Morgan fingerprint density at radius 2 is 2.05 bits per heavy atom. The largest absolute Gasteiger partial charge is 0.477 e. The summed E-state index contributed by atoms with van der Waals surface area (Å²) in [6.45, 7) is 9.94. The van der Waals surface area contributed by atoms with E-state index in [4.69, 9.17) is 0 Å². The molecule has 0 spiro atoms. The molecule has 108 valence electrons. The number of nitrogens with zero attached hydrogens (tertiary/aromatic N) is 2. The maximum absolute atomic E-state index is 11.2. The summed E-state index contributed by atoms with van der Waals surface area (Å²) in [6.07, 6.45) is 6.65. The normalized spacial score (nSPS) is 14.4. The van der Waals surface area contributed by atoms with Crippen LogP contribution >= 0.6 is 11.3 Å². The van der Waals surface area contributed by atoms with Gasteiger partial charge in [-0.2, -0.15) is 0 Å². The highest BCUT2D eigenvalue weighted by atomic mass is 32.1. The standard InChI is InChI=1S/C15H20N2O2S/c1-3-8-17(9-4-2)10-7-12-16-13(11-5-6-11)14(20-12)15(18)19/h3-4,11H,1-2,5-10H2,(H,18,19). The molecule has 1 aromatic heterocycles. The quantitative estimate of drug-likeness (QED) is 0.711. The SMILES string of the molecule is C=CCN(CC=C)CCc1nc(C2CC2)c(C(=O)O)s1. The highest BCUT2D eigenvalue weighted by molar-refractivity contribution is 7.13. The van der Waals surface area contributed by atoms with Crippen LogP contribution in [0.1, 0.15) is 39.1 Å². The Kier molecular flexibility index (Phi) is 5.09. The summed E-state index contributed by atoms with van der Waals surface area (Å²) in [5.74, 6) is -0.465. The molecule has 0 amide bonds. The van der Waals surface area contributed by atoms with Crippen LogP contribution in [0, 0.1) is 0 Å². The van der Waals surface area contributed by atoms with Crippen molar-refractivity contribution in [1.29, 1.82) is 0 Å². The second kappa shape index (κ2) is 6.81. The van der Waals surface area contributed by atoms with E-state index in [0.29, 0.717) is 10.8 Å². The van der Waals surface area contributed by atoms with E-state index in [0.717, 1.165) is 49.6 Å². The summed E-state index contributed by atoms with van der Waals surface area (Å²) in [6, 6.07) is 0. The van der Waals surface area contributed by atoms with Crippen LogP contribution in [-0.4, -0.2) is 40.6 Å². The Hall–Kier alpha value is -1.46. The smallest absolute Gasteiger partial charge is 0.347 e. The molecule has 2 rings (SSSR count). The van der Waals surface area contributed by atoms with Gasteiger partial charge in [0.1, 0.15) is 4.88 Å². The molecule has 1 fully saturated rings. The highest BCUT2D eigenvalue weighted by Gasteiger charge is 2.31. The number of aromatic carboxylic acids is 1. The first-order valence-corrected chi connectivity index (χ1v) is 7.64. The number of hydrogen-bond acceptors (Lipinski definition) is 4. The molecule has 1 aliphatic carbocycles. The average molecular weight is 292 g/mol. The molecular formula is C15H20N2O2S. The fraction of sp³-hybridized carbons (Fsp3) is 0.467. The van der Waals surface area contributed by atoms with E-state index >= 15 is 0 Å². The first-order chi connectivity index (χ1) is 9.65. The highest BCUT2D eigenvalue weighted by Crippen LogP contribution is 2.42. The summed E-state index contributed by atoms with van der Waals surface area (Å²) in [4.78, 5) is 18.4. The predicted octanol–water partition coefficient (Wildman–Crippen LogP) is 2.94. The lowest BCUT2D eigenvalue weighted by Gasteiger charge is -2.17. The number of hydrogen-bond donors (Lipinski definition) is 1. The van der Waals surface area contributed by atoms with Crippen molar-refractivity contribution in [1.82, 2.24) is 9.88 Å². The van der Waals surface area contributed by atoms with Crippen LogP contribution in [0.2, 0.25) is 0 Å². The van der Waals surface area contributed by atoms with Gasteiger partial charge in [-0.1, -0.05) is 12.2 Å². The minimum atomic E-state index is -0.843. The molecule has 0 atom stereocenters. The predicted molar refractivity (Wildman–Crippen MR) is 81.6 cm³/mol. The molecule has 1 saturated carbocycles. The van der Waals surface area contributed by atoms with Crippen molar-refractivity contribution in [3.8, 4) is 0 Å². The molecule has 0 aromatic carbocycles.